The maximum absolute atomic E-state index is 12.9. The highest BCUT2D eigenvalue weighted by Gasteiger charge is 2.46. The smallest absolute Gasteiger partial charge is 0.462 e. The number of rotatable bonds is 40. The molecule has 1 saturated heterocycles. The Labute approximate surface area is 453 Å². The number of hydrogen-bond donors (Lipinski definition) is 6. The average Bonchev–Trinajstić information content (AvgIpc) is 3.67. The van der Waals surface area contributed by atoms with Crippen molar-refractivity contribution in [1.82, 2.24) is 9.55 Å². The lowest BCUT2D eigenvalue weighted by Gasteiger charge is -2.21. The molecule has 7 N–H and O–H groups in total. The van der Waals surface area contributed by atoms with Crippen molar-refractivity contribution >= 4 is 33.4 Å². The van der Waals surface area contributed by atoms with E-state index in [4.69, 9.17) is 29.0 Å². The Hall–Kier alpha value is -5.40. The topological polar surface area (TPSA) is 286 Å². The van der Waals surface area contributed by atoms with Gasteiger partial charge in [-0.2, -0.15) is 9.29 Å². The third kappa shape index (κ3) is 34.2. The molecule has 2 rings (SSSR count). The number of nitrogens with zero attached hydrogens (tertiary/aromatic N) is 2. The molecule has 0 radical (unpaired) electrons. The zero-order chi connectivity index (χ0) is 56.4. The van der Waals surface area contributed by atoms with Gasteiger partial charge in [-0.1, -0.05) is 160 Å². The number of nitrogens with two attached hydrogens (primary N) is 1. The lowest BCUT2D eigenvalue weighted by Crippen LogP contribution is -2.36. The number of nitrogen functional groups attached to an aromatic ring is 1. The van der Waals surface area contributed by atoms with Gasteiger partial charge in [0.05, 0.1) is 19.3 Å². The quantitative estimate of drug-likeness (QED) is 0.0154. The molecule has 21 heteroatoms. The second-order valence-electron chi connectivity index (χ2n) is 17.1. The van der Waals surface area contributed by atoms with E-state index < -0.39 is 89.8 Å². The zero-order valence-electron chi connectivity index (χ0n) is 44.3. The van der Waals surface area contributed by atoms with Gasteiger partial charge in [0, 0.05) is 19.0 Å². The van der Waals surface area contributed by atoms with Crippen molar-refractivity contribution in [2.24, 2.45) is 0 Å². The van der Waals surface area contributed by atoms with Crippen LogP contribution in [0.15, 0.2) is 163 Å². The number of aromatic nitrogens is 2. The summed E-state index contributed by atoms with van der Waals surface area (Å²) in [6.45, 7) is 1.66. The molecule has 0 bridgehead atoms. The highest BCUT2D eigenvalue weighted by Crippen LogP contribution is 2.60. The molecule has 1 fully saturated rings. The standard InChI is InChI=1S/C56H81N3O16P2/c1-3-5-7-9-11-13-15-17-18-19-20-21-22-24-26-28-30-32-36-41-52(62)73-48(44-70-51(61)40-37-33-35-39-47(60)38-34-31-29-27-25-23-16-14-12-10-8-6-4-2)45-71-76(66,67)75-77(68,69)72-46-49-53(63)54(64)55(74-49)59-43-42-50(57)58-56(59)65/h5-8,11-14,17-18,20-21,23-26,29-35,38,42-43,47-49,53-55,60,63-64H,3-4,9-10,15-16,19,22,27-28,36-37,39-41,44-46H2,1-2H3,(H,66,67)(H,68,69)(H2,57,58,65)/b7-5-,8-6-,13-11-,14-12-,18-17-,21-20-,25-23-,26-24-,31-29-,32-30-,35-33-,38-34-/t47?,48-,49-,53-,54-,55-/m1/s1. The number of aliphatic hydroxyl groups is 3. The van der Waals surface area contributed by atoms with Gasteiger partial charge in [-0.25, -0.2) is 13.9 Å². The van der Waals surface area contributed by atoms with Gasteiger partial charge in [0.15, 0.2) is 12.3 Å². The van der Waals surface area contributed by atoms with Crippen LogP contribution in [0.4, 0.5) is 5.82 Å². The average molecular weight is 1110 g/mol. The molecule has 1 aliphatic rings. The number of carbonyl (C=O) groups excluding carboxylic acids is 2. The molecule has 1 aromatic rings. The lowest BCUT2D eigenvalue weighted by atomic mass is 10.1. The van der Waals surface area contributed by atoms with Crippen LogP contribution in [0.2, 0.25) is 0 Å². The summed E-state index contributed by atoms with van der Waals surface area (Å²) in [6.07, 6.45) is 49.7. The Morgan fingerprint density at radius 1 is 0.675 bits per heavy atom. The highest BCUT2D eigenvalue weighted by molar-refractivity contribution is 7.61. The van der Waals surface area contributed by atoms with Crippen LogP contribution in [0.25, 0.3) is 0 Å². The van der Waals surface area contributed by atoms with Gasteiger partial charge in [-0.15, -0.1) is 0 Å². The molecular formula is C56H81N3O16P2. The fourth-order valence-corrected chi connectivity index (χ4v) is 8.68. The van der Waals surface area contributed by atoms with Gasteiger partial charge in [0.1, 0.15) is 30.7 Å². The largest absolute Gasteiger partial charge is 0.481 e. The van der Waals surface area contributed by atoms with Crippen molar-refractivity contribution in [2.45, 2.75) is 147 Å². The van der Waals surface area contributed by atoms with Crippen LogP contribution in [0.3, 0.4) is 0 Å². The van der Waals surface area contributed by atoms with Crippen LogP contribution in [-0.2, 0) is 46.3 Å². The Balaban J connectivity index is 1.89. The van der Waals surface area contributed by atoms with Crippen molar-refractivity contribution in [1.29, 1.82) is 0 Å². The first kappa shape index (κ1) is 67.7. The first-order chi connectivity index (χ1) is 37.1. The van der Waals surface area contributed by atoms with Crippen LogP contribution in [-0.4, -0.2) is 96.9 Å². The second kappa shape index (κ2) is 41.7. The van der Waals surface area contributed by atoms with Crippen molar-refractivity contribution in [3.05, 3.63) is 169 Å². The van der Waals surface area contributed by atoms with E-state index in [0.29, 0.717) is 12.8 Å². The molecule has 3 unspecified atom stereocenters. The second-order valence-corrected chi connectivity index (χ2v) is 20.1. The number of anilines is 1. The summed E-state index contributed by atoms with van der Waals surface area (Å²) >= 11 is 0. The lowest BCUT2D eigenvalue weighted by molar-refractivity contribution is -0.161. The molecule has 1 aromatic heterocycles. The summed E-state index contributed by atoms with van der Waals surface area (Å²) in [7, 11) is -11.0. The van der Waals surface area contributed by atoms with Crippen LogP contribution >= 0.6 is 15.6 Å². The minimum absolute atomic E-state index is 0.105. The minimum Gasteiger partial charge on any atom is -0.462 e. The van der Waals surface area contributed by atoms with Gasteiger partial charge in [-0.3, -0.25) is 23.2 Å². The van der Waals surface area contributed by atoms with Crippen molar-refractivity contribution in [3.8, 4) is 0 Å². The van der Waals surface area contributed by atoms with Gasteiger partial charge < -0.3 is 45.1 Å². The SMILES string of the molecule is CC/C=C\C/C=C\C/C=C\C/C=C\C=C/C(O)C/C=C\CCC(=O)OC[C@H](COP(=O)(O)OP(=O)(O)OC[C@H]1O[C@@H](n2ccc(N)nc2=O)[C@H](O)[C@@H]1O)OC(=O)CC/C=C\C/C=C\C/C=C\C/C=C\C/C=C\C/C=C\CC. The number of phosphoric acid groups is 2. The summed E-state index contributed by atoms with van der Waals surface area (Å²) in [5.74, 6) is -1.61. The third-order valence-electron chi connectivity index (χ3n) is 10.5. The van der Waals surface area contributed by atoms with Gasteiger partial charge >= 0.3 is 33.3 Å². The minimum atomic E-state index is -5.49. The number of esters is 2. The summed E-state index contributed by atoms with van der Waals surface area (Å²) in [5, 5.41) is 31.2. The number of carbonyl (C=O) groups is 2. The van der Waals surface area contributed by atoms with Crippen LogP contribution in [0.5, 0.6) is 0 Å². The Bertz CT molecular complexity index is 2380. The van der Waals surface area contributed by atoms with Crippen molar-refractivity contribution in [3.63, 3.8) is 0 Å². The molecule has 1 aliphatic heterocycles. The van der Waals surface area contributed by atoms with E-state index in [1.54, 1.807) is 30.4 Å². The van der Waals surface area contributed by atoms with E-state index in [1.807, 2.05) is 30.4 Å². The van der Waals surface area contributed by atoms with Crippen LogP contribution < -0.4 is 11.4 Å². The molecule has 77 heavy (non-hydrogen) atoms. The predicted molar refractivity (Wildman–Crippen MR) is 299 cm³/mol. The van der Waals surface area contributed by atoms with E-state index >= 15 is 0 Å². The molecule has 2 heterocycles. The van der Waals surface area contributed by atoms with Gasteiger partial charge in [0.2, 0.25) is 0 Å². The molecule has 8 atom stereocenters. The highest BCUT2D eigenvalue weighted by atomic mass is 31.3. The van der Waals surface area contributed by atoms with Gasteiger partial charge in [0.25, 0.3) is 0 Å². The fraction of sp³-hybridized carbons (Fsp3) is 0.464. The number of ether oxygens (including phenoxy) is 3. The summed E-state index contributed by atoms with van der Waals surface area (Å²) in [6, 6.07) is 1.23. The molecule has 19 nitrogen and oxygen atoms in total. The number of hydrogen-bond acceptors (Lipinski definition) is 16. The maximum Gasteiger partial charge on any atom is 0.481 e. The van der Waals surface area contributed by atoms with E-state index in [9.17, 15) is 48.6 Å². The molecule has 0 amide bonds. The Kier molecular flexibility index (Phi) is 36.6. The van der Waals surface area contributed by atoms with E-state index in [1.165, 1.54) is 6.07 Å². The van der Waals surface area contributed by atoms with Crippen LogP contribution in [0.1, 0.15) is 116 Å². The Morgan fingerprint density at radius 2 is 1.16 bits per heavy atom. The first-order valence-electron chi connectivity index (χ1n) is 26.0. The van der Waals surface area contributed by atoms with Crippen LogP contribution in [0, 0.1) is 0 Å². The number of phosphoric ester groups is 2. The molecule has 0 saturated carbocycles. The molecule has 0 aliphatic carbocycles. The fourth-order valence-electron chi connectivity index (χ4n) is 6.56. The van der Waals surface area contributed by atoms with E-state index in [0.717, 1.165) is 68.6 Å². The van der Waals surface area contributed by atoms with Crippen molar-refractivity contribution in [2.75, 3.05) is 25.6 Å². The van der Waals surface area contributed by atoms with E-state index in [2.05, 4.69) is 108 Å². The first-order valence-corrected chi connectivity index (χ1v) is 28.9. The van der Waals surface area contributed by atoms with Crippen molar-refractivity contribution < 1.29 is 71.4 Å². The van der Waals surface area contributed by atoms with E-state index in [-0.39, 0.29) is 31.5 Å². The molecular weight excluding hydrogens is 1030 g/mol. The van der Waals surface area contributed by atoms with Gasteiger partial charge in [-0.05, 0) is 89.5 Å². The summed E-state index contributed by atoms with van der Waals surface area (Å²) < 4.78 is 56.5. The Morgan fingerprint density at radius 3 is 1.69 bits per heavy atom. The number of aliphatic hydroxyl groups excluding tert-OH is 3. The molecule has 426 valence electrons. The number of allylic oxidation sites excluding steroid dienone is 22. The third-order valence-corrected chi connectivity index (χ3v) is 13.1. The maximum atomic E-state index is 12.9. The summed E-state index contributed by atoms with van der Waals surface area (Å²) in [5.41, 5.74) is 4.56. The normalized spacial score (nSPS) is 20.2. The monoisotopic (exact) mass is 1110 g/mol. The predicted octanol–water partition coefficient (Wildman–Crippen LogP) is 10.1. The molecule has 0 spiro atoms. The zero-order valence-corrected chi connectivity index (χ0v) is 46.1. The molecule has 0 aromatic carbocycles. The summed E-state index contributed by atoms with van der Waals surface area (Å²) in [4.78, 5) is 61.9.